The van der Waals surface area contributed by atoms with Gasteiger partial charge in [0.25, 0.3) is 0 Å². The van der Waals surface area contributed by atoms with E-state index in [0.717, 1.165) is 23.2 Å². The van der Waals surface area contributed by atoms with Crippen LogP contribution in [0.25, 0.3) is 0 Å². The molecule has 3 aromatic rings. The third kappa shape index (κ3) is 5.78. The number of nitrogens with zero attached hydrogens (tertiary/aromatic N) is 3. The minimum Gasteiger partial charge on any atom is -0.276 e. The number of hydrogen-bond acceptors (Lipinski definition) is 3. The summed E-state index contributed by atoms with van der Waals surface area (Å²) < 4.78 is 30.0. The van der Waals surface area contributed by atoms with Crippen LogP contribution in [0.3, 0.4) is 0 Å². The van der Waals surface area contributed by atoms with E-state index < -0.39 is 10.0 Å². The van der Waals surface area contributed by atoms with E-state index in [1.54, 1.807) is 16.8 Å². The van der Waals surface area contributed by atoms with Gasteiger partial charge in [-0.25, -0.2) is 8.42 Å². The third-order valence-electron chi connectivity index (χ3n) is 4.80. The maximum absolute atomic E-state index is 13.4. The summed E-state index contributed by atoms with van der Waals surface area (Å²) in [5.74, 6) is 0.531. The zero-order valence-electron chi connectivity index (χ0n) is 17.3. The molecular weight excluding hydrogens is 382 g/mol. The van der Waals surface area contributed by atoms with Gasteiger partial charge >= 0.3 is 0 Å². The highest BCUT2D eigenvalue weighted by Crippen LogP contribution is 2.20. The lowest BCUT2D eigenvalue weighted by Crippen LogP contribution is -2.32. The molecular formula is C23H29N3O2S. The van der Waals surface area contributed by atoms with Crippen molar-refractivity contribution in [3.05, 3.63) is 83.7 Å². The molecule has 0 aliphatic heterocycles. The number of aryl methyl sites for hydroxylation is 1. The highest BCUT2D eigenvalue weighted by Gasteiger charge is 2.25. The molecule has 1 heterocycles. The average Bonchev–Trinajstić information content (AvgIpc) is 3.10. The van der Waals surface area contributed by atoms with E-state index in [9.17, 15) is 8.42 Å². The van der Waals surface area contributed by atoms with Crippen LogP contribution in [0.5, 0.6) is 0 Å². The molecule has 0 aliphatic carbocycles. The molecule has 154 valence electrons. The van der Waals surface area contributed by atoms with Crippen LogP contribution in [0.15, 0.2) is 71.8 Å². The number of hydrogen-bond donors (Lipinski definition) is 0. The molecule has 2 aromatic carbocycles. The standard InChI is InChI=1S/C23H29N3O2S/c1-19(2)17-21-9-11-23(12-10-21)29(27,28)26(18-22-14-15-25(3)24-22)16-13-20-7-5-4-6-8-20/h4-12,14-15,19H,13,16-18H2,1-3H3. The molecule has 1 aromatic heterocycles. The van der Waals surface area contributed by atoms with Gasteiger partial charge in [0, 0.05) is 19.8 Å². The minimum atomic E-state index is -3.62. The van der Waals surface area contributed by atoms with E-state index in [4.69, 9.17) is 0 Å². The van der Waals surface area contributed by atoms with E-state index in [1.807, 2.05) is 61.8 Å². The van der Waals surface area contributed by atoms with Crippen LogP contribution in [-0.2, 0) is 36.5 Å². The van der Waals surface area contributed by atoms with Crippen molar-refractivity contribution in [1.82, 2.24) is 14.1 Å². The van der Waals surface area contributed by atoms with Gasteiger partial charge in [0.1, 0.15) is 0 Å². The second kappa shape index (κ2) is 9.37. The Hall–Kier alpha value is -2.44. The van der Waals surface area contributed by atoms with Crippen molar-refractivity contribution in [3.63, 3.8) is 0 Å². The summed E-state index contributed by atoms with van der Waals surface area (Å²) in [7, 11) is -1.79. The summed E-state index contributed by atoms with van der Waals surface area (Å²) in [6.07, 6.45) is 3.42. The van der Waals surface area contributed by atoms with Gasteiger partial charge in [0.2, 0.25) is 10.0 Å². The Kier molecular flexibility index (Phi) is 6.87. The van der Waals surface area contributed by atoms with Crippen molar-refractivity contribution in [3.8, 4) is 0 Å². The first kappa shape index (κ1) is 21.3. The van der Waals surface area contributed by atoms with Crippen molar-refractivity contribution in [1.29, 1.82) is 0 Å². The Morgan fingerprint density at radius 3 is 2.24 bits per heavy atom. The van der Waals surface area contributed by atoms with Crippen LogP contribution in [0.2, 0.25) is 0 Å². The zero-order valence-corrected chi connectivity index (χ0v) is 18.1. The Balaban J connectivity index is 1.84. The molecule has 0 saturated carbocycles. The molecule has 5 nitrogen and oxygen atoms in total. The quantitative estimate of drug-likeness (QED) is 0.534. The Labute approximate surface area is 174 Å². The molecule has 0 spiro atoms. The molecule has 3 rings (SSSR count). The molecule has 0 aliphatic rings. The van der Waals surface area contributed by atoms with Gasteiger partial charge < -0.3 is 0 Å². The fourth-order valence-corrected chi connectivity index (χ4v) is 4.74. The smallest absolute Gasteiger partial charge is 0.243 e. The molecule has 0 N–H and O–H groups in total. The molecule has 0 radical (unpaired) electrons. The fourth-order valence-electron chi connectivity index (χ4n) is 3.33. The lowest BCUT2D eigenvalue weighted by Gasteiger charge is -2.22. The molecule has 0 amide bonds. The van der Waals surface area contributed by atoms with Crippen molar-refractivity contribution in [2.24, 2.45) is 13.0 Å². The summed E-state index contributed by atoms with van der Waals surface area (Å²) in [5.41, 5.74) is 3.00. The highest BCUT2D eigenvalue weighted by molar-refractivity contribution is 7.89. The van der Waals surface area contributed by atoms with Gasteiger partial charge in [-0.2, -0.15) is 9.40 Å². The number of sulfonamides is 1. The van der Waals surface area contributed by atoms with Gasteiger partial charge in [-0.3, -0.25) is 4.68 Å². The number of rotatable bonds is 9. The predicted molar refractivity (Wildman–Crippen MR) is 116 cm³/mol. The van der Waals surface area contributed by atoms with Gasteiger partial charge in [0.15, 0.2) is 0 Å². The first-order valence-electron chi connectivity index (χ1n) is 9.96. The SMILES string of the molecule is CC(C)Cc1ccc(S(=O)(=O)N(CCc2ccccc2)Cc2ccn(C)n2)cc1. The largest absolute Gasteiger partial charge is 0.276 e. The average molecular weight is 412 g/mol. The van der Waals surface area contributed by atoms with Crippen LogP contribution < -0.4 is 0 Å². The van der Waals surface area contributed by atoms with E-state index in [0.29, 0.717) is 23.8 Å². The molecule has 0 bridgehead atoms. The molecule has 0 fully saturated rings. The highest BCUT2D eigenvalue weighted by atomic mass is 32.2. The fraction of sp³-hybridized carbons (Fsp3) is 0.348. The third-order valence-corrected chi connectivity index (χ3v) is 6.66. The van der Waals surface area contributed by atoms with Crippen molar-refractivity contribution in [2.45, 2.75) is 38.1 Å². The van der Waals surface area contributed by atoms with Crippen LogP contribution >= 0.6 is 0 Å². The Morgan fingerprint density at radius 1 is 0.966 bits per heavy atom. The summed E-state index contributed by atoms with van der Waals surface area (Å²) >= 11 is 0. The van der Waals surface area contributed by atoms with Crippen LogP contribution in [0.4, 0.5) is 0 Å². The summed E-state index contributed by atoms with van der Waals surface area (Å²) in [5, 5.41) is 4.37. The van der Waals surface area contributed by atoms with E-state index in [2.05, 4.69) is 18.9 Å². The van der Waals surface area contributed by atoms with Crippen molar-refractivity contribution >= 4 is 10.0 Å². The second-order valence-corrected chi connectivity index (χ2v) is 9.73. The van der Waals surface area contributed by atoms with Gasteiger partial charge in [0.05, 0.1) is 17.1 Å². The van der Waals surface area contributed by atoms with E-state index in [-0.39, 0.29) is 6.54 Å². The lowest BCUT2D eigenvalue weighted by molar-refractivity contribution is 0.403. The van der Waals surface area contributed by atoms with E-state index in [1.165, 1.54) is 4.31 Å². The summed E-state index contributed by atoms with van der Waals surface area (Å²) in [6.45, 7) is 4.96. The molecule has 0 atom stereocenters. The van der Waals surface area contributed by atoms with Crippen molar-refractivity contribution < 1.29 is 8.42 Å². The van der Waals surface area contributed by atoms with Crippen LogP contribution in [0.1, 0.15) is 30.7 Å². The van der Waals surface area contributed by atoms with Crippen LogP contribution in [-0.4, -0.2) is 29.0 Å². The summed E-state index contributed by atoms with van der Waals surface area (Å²) in [4.78, 5) is 0.328. The van der Waals surface area contributed by atoms with Crippen molar-refractivity contribution in [2.75, 3.05) is 6.54 Å². The first-order valence-corrected chi connectivity index (χ1v) is 11.4. The maximum atomic E-state index is 13.4. The van der Waals surface area contributed by atoms with Gasteiger partial charge in [-0.05, 0) is 48.1 Å². The first-order chi connectivity index (χ1) is 13.8. The van der Waals surface area contributed by atoms with Gasteiger partial charge in [-0.15, -0.1) is 0 Å². The predicted octanol–water partition coefficient (Wildman–Crippen LogP) is 4.05. The molecule has 29 heavy (non-hydrogen) atoms. The zero-order chi connectivity index (χ0) is 20.9. The second-order valence-electron chi connectivity index (χ2n) is 7.80. The topological polar surface area (TPSA) is 55.2 Å². The van der Waals surface area contributed by atoms with Gasteiger partial charge in [-0.1, -0.05) is 56.3 Å². The monoisotopic (exact) mass is 411 g/mol. The normalized spacial score (nSPS) is 12.0. The molecule has 0 unspecified atom stereocenters. The maximum Gasteiger partial charge on any atom is 0.243 e. The number of benzene rings is 2. The summed E-state index contributed by atoms with van der Waals surface area (Å²) in [6, 6.07) is 19.1. The van der Waals surface area contributed by atoms with Crippen LogP contribution in [0, 0.1) is 5.92 Å². The lowest BCUT2D eigenvalue weighted by atomic mass is 10.0. The minimum absolute atomic E-state index is 0.254. The number of aromatic nitrogens is 2. The Bertz CT molecular complexity index is 1010. The molecule has 0 saturated heterocycles. The Morgan fingerprint density at radius 2 is 1.66 bits per heavy atom. The molecule has 6 heteroatoms. The van der Waals surface area contributed by atoms with E-state index >= 15 is 0 Å².